The van der Waals surface area contributed by atoms with Gasteiger partial charge in [-0.25, -0.2) is 0 Å². The quantitative estimate of drug-likeness (QED) is 0.682. The molecule has 0 aliphatic heterocycles. The number of hydrogen-bond donors (Lipinski definition) is 0. The van der Waals surface area contributed by atoms with Gasteiger partial charge in [-0.1, -0.05) is 18.2 Å². The average Bonchev–Trinajstić information content (AvgIpc) is 2.30. The maximum absolute atomic E-state index is 12.0. The van der Waals surface area contributed by atoms with Crippen LogP contribution in [0.5, 0.6) is 0 Å². The van der Waals surface area contributed by atoms with Gasteiger partial charge in [-0.05, 0) is 19.9 Å². The Morgan fingerprint density at radius 2 is 1.94 bits per heavy atom. The van der Waals surface area contributed by atoms with E-state index in [0.29, 0.717) is 13.1 Å². The van der Waals surface area contributed by atoms with Crippen molar-refractivity contribution in [3.8, 4) is 0 Å². The van der Waals surface area contributed by atoms with E-state index in [0.717, 1.165) is 0 Å². The van der Waals surface area contributed by atoms with Crippen molar-refractivity contribution in [2.75, 3.05) is 13.1 Å². The average molecular weight is 241 g/mol. The van der Waals surface area contributed by atoms with Crippen molar-refractivity contribution < 1.29 is 13.2 Å². The minimum atomic E-state index is -2.34. The molecule has 4 nitrogen and oxygen atoms in total. The lowest BCUT2D eigenvalue weighted by Crippen LogP contribution is -2.38. The highest BCUT2D eigenvalue weighted by atomic mass is 32.2. The third-order valence-electron chi connectivity index (χ3n) is 2.52. The van der Waals surface area contributed by atoms with E-state index in [1.54, 1.807) is 23.1 Å². The molecule has 0 aromatic carbocycles. The number of allylic oxidation sites excluding steroid dienone is 3. The number of hydrogen-bond acceptors (Lipinski definition) is 3. The Hall–Kier alpha value is -1.36. The Balaban J connectivity index is 3.04. The fourth-order valence-corrected chi connectivity index (χ4v) is 2.20. The summed E-state index contributed by atoms with van der Waals surface area (Å²) in [5.74, 6) is -0.826. The molecule has 0 heterocycles. The van der Waals surface area contributed by atoms with Crippen LogP contribution in [0.3, 0.4) is 0 Å². The molecule has 1 aliphatic carbocycles. The van der Waals surface area contributed by atoms with Gasteiger partial charge in [0, 0.05) is 13.1 Å². The Morgan fingerprint density at radius 3 is 2.44 bits per heavy atom. The molecule has 5 heteroatoms. The Bertz CT molecular complexity index is 448. The summed E-state index contributed by atoms with van der Waals surface area (Å²) in [6, 6.07) is 0. The van der Waals surface area contributed by atoms with Crippen molar-refractivity contribution >= 4 is 21.1 Å². The van der Waals surface area contributed by atoms with Gasteiger partial charge >= 0.3 is 0 Å². The number of carbonyl (C=O) groups excluding carboxylic acids is 1. The molecule has 0 spiro atoms. The first-order chi connectivity index (χ1) is 7.61. The summed E-state index contributed by atoms with van der Waals surface area (Å²) < 4.78 is 22.0. The van der Waals surface area contributed by atoms with Gasteiger partial charge in [0.2, 0.25) is 16.2 Å². The fraction of sp³-hybridized carbons (Fsp3) is 0.455. The van der Waals surface area contributed by atoms with Crippen LogP contribution in [0.4, 0.5) is 0 Å². The number of amides is 1. The monoisotopic (exact) mass is 241 g/mol. The van der Waals surface area contributed by atoms with E-state index >= 15 is 0 Å². The SMILES string of the molecule is CCN(CC)C(=O)C1C=CC=CC1=S(=O)=O. The number of nitrogens with zero attached hydrogens (tertiary/aromatic N) is 1. The molecule has 0 aromatic rings. The van der Waals surface area contributed by atoms with E-state index in [1.165, 1.54) is 6.08 Å². The lowest BCUT2D eigenvalue weighted by molar-refractivity contribution is -0.131. The summed E-state index contributed by atoms with van der Waals surface area (Å²) in [4.78, 5) is 13.8. The van der Waals surface area contributed by atoms with Gasteiger partial charge in [0.1, 0.15) is 0 Å². The van der Waals surface area contributed by atoms with Crippen molar-refractivity contribution in [2.45, 2.75) is 13.8 Å². The third-order valence-corrected chi connectivity index (χ3v) is 3.29. The first kappa shape index (κ1) is 12.7. The highest BCUT2D eigenvalue weighted by molar-refractivity contribution is 7.73. The summed E-state index contributed by atoms with van der Waals surface area (Å²) in [5, 5.41) is 0. The molecule has 1 amide bonds. The third kappa shape index (κ3) is 2.61. The first-order valence-electron chi connectivity index (χ1n) is 5.21. The van der Waals surface area contributed by atoms with Crippen LogP contribution in [0.15, 0.2) is 24.3 Å². The van der Waals surface area contributed by atoms with Gasteiger partial charge in [-0.2, -0.15) is 8.42 Å². The van der Waals surface area contributed by atoms with Crippen LogP contribution >= 0.6 is 0 Å². The number of rotatable bonds is 3. The Labute approximate surface area is 96.8 Å². The highest BCUT2D eigenvalue weighted by Gasteiger charge is 2.25. The zero-order valence-corrected chi connectivity index (χ0v) is 10.2. The molecule has 0 saturated carbocycles. The van der Waals surface area contributed by atoms with Crippen LogP contribution in [0.25, 0.3) is 0 Å². The van der Waals surface area contributed by atoms with E-state index in [9.17, 15) is 13.2 Å². The standard InChI is InChI=1S/C11H15NO3S/c1-3-12(4-2)11(13)9-7-5-6-8-10(9)16(14)15/h5-9H,3-4H2,1-2H3. The highest BCUT2D eigenvalue weighted by Crippen LogP contribution is 2.12. The van der Waals surface area contributed by atoms with Gasteiger partial charge in [0.25, 0.3) is 0 Å². The predicted molar refractivity (Wildman–Crippen MR) is 63.6 cm³/mol. The number of carbonyl (C=O) groups is 1. The minimum Gasteiger partial charge on any atom is -0.342 e. The van der Waals surface area contributed by atoms with Gasteiger partial charge in [-0.15, -0.1) is 0 Å². The van der Waals surface area contributed by atoms with Gasteiger partial charge < -0.3 is 4.90 Å². The first-order valence-corrected chi connectivity index (χ1v) is 6.29. The molecule has 16 heavy (non-hydrogen) atoms. The van der Waals surface area contributed by atoms with Crippen LogP contribution in [-0.2, 0) is 15.1 Å². The fourth-order valence-electron chi connectivity index (χ4n) is 1.62. The van der Waals surface area contributed by atoms with Gasteiger partial charge in [-0.3, -0.25) is 4.79 Å². The largest absolute Gasteiger partial charge is 0.342 e. The summed E-state index contributed by atoms with van der Waals surface area (Å²) >= 11 is 0. The molecule has 1 rings (SSSR count). The predicted octanol–water partition coefficient (Wildman–Crippen LogP) is 0.649. The summed E-state index contributed by atoms with van der Waals surface area (Å²) in [7, 11) is -2.34. The molecular formula is C11H15NO3S. The van der Waals surface area contributed by atoms with E-state index in [1.807, 2.05) is 13.8 Å². The lowest BCUT2D eigenvalue weighted by atomic mass is 9.99. The van der Waals surface area contributed by atoms with Crippen LogP contribution in [0.2, 0.25) is 0 Å². The van der Waals surface area contributed by atoms with Crippen molar-refractivity contribution in [3.05, 3.63) is 24.3 Å². The second-order valence-electron chi connectivity index (χ2n) is 3.37. The minimum absolute atomic E-state index is 0.138. The molecule has 1 aliphatic rings. The maximum Gasteiger partial charge on any atom is 0.234 e. The van der Waals surface area contributed by atoms with Crippen molar-refractivity contribution in [1.29, 1.82) is 0 Å². The van der Waals surface area contributed by atoms with Crippen molar-refractivity contribution in [1.82, 2.24) is 4.90 Å². The van der Waals surface area contributed by atoms with Crippen molar-refractivity contribution in [3.63, 3.8) is 0 Å². The Kier molecular flexibility index (Phi) is 4.49. The molecule has 0 fully saturated rings. The normalized spacial score (nSPS) is 18.6. The Morgan fingerprint density at radius 1 is 1.31 bits per heavy atom. The summed E-state index contributed by atoms with van der Waals surface area (Å²) in [5.41, 5.74) is 0. The molecule has 0 N–H and O–H groups in total. The molecule has 0 bridgehead atoms. The molecule has 1 atom stereocenters. The second-order valence-corrected chi connectivity index (χ2v) is 4.31. The molecule has 1 unspecified atom stereocenters. The van der Waals surface area contributed by atoms with Gasteiger partial charge in [0.05, 0.1) is 10.8 Å². The molecule has 0 aromatic heterocycles. The van der Waals surface area contributed by atoms with E-state index in [4.69, 9.17) is 0 Å². The molecule has 88 valence electrons. The van der Waals surface area contributed by atoms with Gasteiger partial charge in [0.15, 0.2) is 0 Å². The zero-order chi connectivity index (χ0) is 12.1. The topological polar surface area (TPSA) is 54.5 Å². The maximum atomic E-state index is 12.0. The van der Waals surface area contributed by atoms with E-state index in [-0.39, 0.29) is 10.8 Å². The van der Waals surface area contributed by atoms with Crippen LogP contribution in [-0.4, -0.2) is 37.2 Å². The summed E-state index contributed by atoms with van der Waals surface area (Å²) in [6.07, 6.45) is 6.40. The molecular weight excluding hydrogens is 226 g/mol. The lowest BCUT2D eigenvalue weighted by Gasteiger charge is -2.23. The van der Waals surface area contributed by atoms with E-state index < -0.39 is 16.2 Å². The van der Waals surface area contributed by atoms with Crippen molar-refractivity contribution in [2.24, 2.45) is 5.92 Å². The van der Waals surface area contributed by atoms with Crippen LogP contribution in [0, 0.1) is 5.92 Å². The van der Waals surface area contributed by atoms with Crippen LogP contribution in [0.1, 0.15) is 13.8 Å². The summed E-state index contributed by atoms with van der Waals surface area (Å²) in [6.45, 7) is 4.92. The smallest absolute Gasteiger partial charge is 0.234 e. The van der Waals surface area contributed by atoms with Crippen LogP contribution < -0.4 is 0 Å². The van der Waals surface area contributed by atoms with E-state index in [2.05, 4.69) is 0 Å². The zero-order valence-electron chi connectivity index (χ0n) is 9.38. The molecule has 0 radical (unpaired) electrons. The molecule has 0 saturated heterocycles. The second kappa shape index (κ2) is 5.65.